The molecule has 0 rings (SSSR count). The van der Waals surface area contributed by atoms with Crippen LogP contribution in [0.4, 0.5) is 0 Å². The summed E-state index contributed by atoms with van der Waals surface area (Å²) in [6.07, 6.45) is 2.35. The van der Waals surface area contributed by atoms with E-state index in [0.717, 1.165) is 13.4 Å². The molecule has 0 bridgehead atoms. The molecule has 1 atom stereocenters. The molecule has 0 saturated carbocycles. The predicted octanol–water partition coefficient (Wildman–Crippen LogP) is 1.96. The summed E-state index contributed by atoms with van der Waals surface area (Å²) in [7, 11) is -8.28. The van der Waals surface area contributed by atoms with Crippen molar-refractivity contribution < 1.29 is 32.3 Å². The number of hydrogen-bond acceptors (Lipinski definition) is 5. The van der Waals surface area contributed by atoms with Crippen molar-refractivity contribution in [3.8, 4) is 0 Å². The summed E-state index contributed by atoms with van der Waals surface area (Å²) in [4.78, 5) is 16.8. The van der Waals surface area contributed by atoms with Crippen LogP contribution in [0.5, 0.6) is 0 Å². The summed E-state index contributed by atoms with van der Waals surface area (Å²) in [6.45, 7) is 4.96. The van der Waals surface area contributed by atoms with Crippen LogP contribution in [0, 0.1) is 0 Å². The van der Waals surface area contributed by atoms with Gasteiger partial charge in [-0.15, -0.1) is 0 Å². The number of phosphoric acid groups is 2. The zero-order valence-corrected chi connectivity index (χ0v) is 9.98. The van der Waals surface area contributed by atoms with Crippen LogP contribution < -0.4 is 0 Å². The van der Waals surface area contributed by atoms with Crippen LogP contribution in [-0.2, 0) is 22.5 Å². The minimum atomic E-state index is -4.94. The zero-order chi connectivity index (χ0) is 12.1. The first kappa shape index (κ1) is 14.6. The third-order valence-electron chi connectivity index (χ3n) is 1.12. The molecule has 7 nitrogen and oxygen atoms in total. The van der Waals surface area contributed by atoms with Gasteiger partial charge in [-0.25, -0.2) is 9.13 Å². The van der Waals surface area contributed by atoms with Gasteiger partial charge in [-0.3, -0.25) is 4.52 Å². The Morgan fingerprint density at radius 1 is 1.40 bits per heavy atom. The van der Waals surface area contributed by atoms with E-state index in [1.165, 1.54) is 6.08 Å². The minimum Gasteiger partial charge on any atom is -0.411 e. The topological polar surface area (TPSA) is 102 Å². The van der Waals surface area contributed by atoms with Gasteiger partial charge in [0.1, 0.15) is 0 Å². The van der Waals surface area contributed by atoms with Gasteiger partial charge >= 0.3 is 15.6 Å². The molecule has 0 heterocycles. The highest BCUT2D eigenvalue weighted by Gasteiger charge is 2.35. The first-order valence-corrected chi connectivity index (χ1v) is 6.62. The van der Waals surface area contributed by atoms with Gasteiger partial charge in [0.15, 0.2) is 0 Å². The summed E-state index contributed by atoms with van der Waals surface area (Å²) in [6, 6.07) is 0. The van der Waals surface area contributed by atoms with Gasteiger partial charge in [0.05, 0.1) is 6.26 Å². The Labute approximate surface area is 87.2 Å². The highest BCUT2D eigenvalue weighted by Crippen LogP contribution is 2.60. The quantitative estimate of drug-likeness (QED) is 0.426. The van der Waals surface area contributed by atoms with E-state index >= 15 is 0 Å². The fraction of sp³-hybridized carbons (Fsp3) is 0.333. The second-order valence-electron chi connectivity index (χ2n) is 2.37. The maximum absolute atomic E-state index is 11.4. The van der Waals surface area contributed by atoms with Gasteiger partial charge in [0.25, 0.3) is 0 Å². The van der Waals surface area contributed by atoms with Crippen LogP contribution in [0.25, 0.3) is 0 Å². The largest absolute Gasteiger partial charge is 0.538 e. The van der Waals surface area contributed by atoms with Crippen molar-refractivity contribution in [1.82, 2.24) is 0 Å². The Hall–Kier alpha value is -0.420. The molecule has 0 saturated heterocycles. The fourth-order valence-corrected chi connectivity index (χ4v) is 2.27. The Morgan fingerprint density at radius 2 is 1.93 bits per heavy atom. The van der Waals surface area contributed by atoms with E-state index in [0.29, 0.717) is 5.57 Å². The molecule has 0 radical (unpaired) electrons. The van der Waals surface area contributed by atoms with Crippen LogP contribution in [0.2, 0.25) is 0 Å². The van der Waals surface area contributed by atoms with Gasteiger partial charge in [-0.2, -0.15) is 4.31 Å². The lowest BCUT2D eigenvalue weighted by Crippen LogP contribution is -1.93. The second-order valence-corrected chi connectivity index (χ2v) is 5.48. The zero-order valence-electron chi connectivity index (χ0n) is 8.19. The summed E-state index contributed by atoms with van der Waals surface area (Å²) < 4.78 is 34.4. The Morgan fingerprint density at radius 3 is 2.27 bits per heavy atom. The Kier molecular flexibility index (Phi) is 5.45. The van der Waals surface area contributed by atoms with Gasteiger partial charge in [0.2, 0.25) is 0 Å². The summed E-state index contributed by atoms with van der Waals surface area (Å²) in [5, 5.41) is 0. The monoisotopic (exact) mass is 258 g/mol. The molecule has 15 heavy (non-hydrogen) atoms. The maximum Gasteiger partial charge on any atom is 0.538 e. The van der Waals surface area contributed by atoms with Crippen molar-refractivity contribution >= 4 is 15.6 Å². The number of rotatable bonds is 6. The second kappa shape index (κ2) is 5.61. The van der Waals surface area contributed by atoms with E-state index in [-0.39, 0.29) is 0 Å². The average molecular weight is 258 g/mol. The van der Waals surface area contributed by atoms with Gasteiger partial charge < -0.3 is 14.3 Å². The third kappa shape index (κ3) is 6.62. The Bertz CT molecular complexity index is 341. The maximum atomic E-state index is 11.4. The van der Waals surface area contributed by atoms with E-state index < -0.39 is 15.6 Å². The molecule has 1 unspecified atom stereocenters. The molecule has 0 aromatic rings. The van der Waals surface area contributed by atoms with Crippen LogP contribution in [0.1, 0.15) is 6.92 Å². The van der Waals surface area contributed by atoms with Gasteiger partial charge in [0, 0.05) is 7.11 Å². The third-order valence-corrected chi connectivity index (χ3v) is 3.58. The average Bonchev–Trinajstić information content (AvgIpc) is 2.11. The van der Waals surface area contributed by atoms with Crippen molar-refractivity contribution in [2.75, 3.05) is 7.11 Å². The van der Waals surface area contributed by atoms with Crippen LogP contribution in [0.15, 0.2) is 24.5 Å². The first-order valence-electron chi connectivity index (χ1n) is 3.62. The normalized spacial score (nSPS) is 16.9. The molecular weight excluding hydrogens is 246 g/mol. The van der Waals surface area contributed by atoms with Gasteiger partial charge in [-0.05, 0) is 12.5 Å². The van der Waals surface area contributed by atoms with Gasteiger partial charge in [-0.1, -0.05) is 12.7 Å². The lowest BCUT2D eigenvalue weighted by Gasteiger charge is -2.14. The number of phosphoric ester groups is 1. The molecule has 0 fully saturated rings. The fourth-order valence-electron chi connectivity index (χ4n) is 0.422. The predicted molar refractivity (Wildman–Crippen MR) is 52.8 cm³/mol. The lowest BCUT2D eigenvalue weighted by molar-refractivity contribution is 0.195. The molecule has 0 aliphatic carbocycles. The highest BCUT2D eigenvalue weighted by molar-refractivity contribution is 7.61. The smallest absolute Gasteiger partial charge is 0.411 e. The van der Waals surface area contributed by atoms with Crippen molar-refractivity contribution in [1.29, 1.82) is 0 Å². The molecule has 0 aliphatic rings. The van der Waals surface area contributed by atoms with Crippen LogP contribution in [-0.4, -0.2) is 16.9 Å². The standard InChI is InChI=1S/C6H12O7P2/c1-4-6(2)5-12-15(10,11-3)13-14(7,8)9/h4-5H,1H2,2-3H3,(H2,7,8,9). The number of allylic oxidation sites excluding steroid dienone is 2. The van der Waals surface area contributed by atoms with E-state index in [2.05, 4.69) is 19.9 Å². The lowest BCUT2D eigenvalue weighted by atomic mass is 10.3. The molecular formula is C6H12O7P2. The van der Waals surface area contributed by atoms with Crippen LogP contribution >= 0.6 is 15.6 Å². The summed E-state index contributed by atoms with van der Waals surface area (Å²) in [5.41, 5.74) is 0.488. The summed E-state index contributed by atoms with van der Waals surface area (Å²) >= 11 is 0. The van der Waals surface area contributed by atoms with Crippen molar-refractivity contribution in [3.63, 3.8) is 0 Å². The molecule has 2 N–H and O–H groups in total. The first-order chi connectivity index (χ1) is 6.72. The van der Waals surface area contributed by atoms with E-state index in [4.69, 9.17) is 9.79 Å². The van der Waals surface area contributed by atoms with E-state index in [1.807, 2.05) is 0 Å². The molecule has 0 spiro atoms. The molecule has 0 aromatic carbocycles. The molecule has 0 aromatic heterocycles. The van der Waals surface area contributed by atoms with E-state index in [1.54, 1.807) is 6.92 Å². The van der Waals surface area contributed by atoms with Crippen molar-refractivity contribution in [2.45, 2.75) is 6.92 Å². The highest BCUT2D eigenvalue weighted by atomic mass is 31.3. The van der Waals surface area contributed by atoms with Crippen molar-refractivity contribution in [2.24, 2.45) is 0 Å². The molecule has 88 valence electrons. The van der Waals surface area contributed by atoms with Crippen molar-refractivity contribution in [3.05, 3.63) is 24.5 Å². The minimum absolute atomic E-state index is 0.488. The SMILES string of the molecule is C=CC(C)=COP(=O)(OC)OP(=O)(O)O. The number of hydrogen-bond donors (Lipinski definition) is 2. The van der Waals surface area contributed by atoms with E-state index in [9.17, 15) is 9.13 Å². The molecule has 0 amide bonds. The molecule has 9 heteroatoms. The Balaban J connectivity index is 4.67. The van der Waals surface area contributed by atoms with Crippen LogP contribution in [0.3, 0.4) is 0 Å². The molecule has 0 aliphatic heterocycles. The summed E-state index contributed by atoms with van der Waals surface area (Å²) in [5.74, 6) is 0.